The van der Waals surface area contributed by atoms with E-state index in [1.165, 1.54) is 5.56 Å². The van der Waals surface area contributed by atoms with Crippen molar-refractivity contribution in [2.24, 2.45) is 0 Å². The maximum atomic E-state index is 12.9. The van der Waals surface area contributed by atoms with Crippen LogP contribution in [0.2, 0.25) is 0 Å². The Labute approximate surface area is 147 Å². The Hall–Kier alpha value is -1.69. The molecule has 4 nitrogen and oxygen atoms in total. The lowest BCUT2D eigenvalue weighted by Crippen LogP contribution is -2.38. The van der Waals surface area contributed by atoms with Gasteiger partial charge in [-0.3, -0.25) is 9.69 Å². The molecule has 128 valence electrons. The van der Waals surface area contributed by atoms with Gasteiger partial charge in [-0.25, -0.2) is 0 Å². The summed E-state index contributed by atoms with van der Waals surface area (Å²) in [5.74, 6) is 0.0704. The molecule has 1 fully saturated rings. The lowest BCUT2D eigenvalue weighted by molar-refractivity contribution is -0.142. The number of rotatable bonds is 5. The molecule has 5 heteroatoms. The van der Waals surface area contributed by atoms with Crippen molar-refractivity contribution < 1.29 is 9.53 Å². The molecule has 1 aromatic carbocycles. The van der Waals surface area contributed by atoms with Crippen LogP contribution < -0.4 is 0 Å². The Morgan fingerprint density at radius 2 is 2.00 bits per heavy atom. The summed E-state index contributed by atoms with van der Waals surface area (Å²) < 4.78 is 5.50. The molecule has 0 spiro atoms. The third-order valence-electron chi connectivity index (χ3n) is 4.45. The second-order valence-corrected chi connectivity index (χ2v) is 6.89. The molecule has 1 atom stereocenters. The average Bonchev–Trinajstić information content (AvgIpc) is 3.01. The average molecular weight is 344 g/mol. The number of benzene rings is 1. The first kappa shape index (κ1) is 17.1. The molecule has 0 radical (unpaired) electrons. The highest BCUT2D eigenvalue weighted by atomic mass is 32.1. The number of nitrogens with zero attached hydrogens (tertiary/aromatic N) is 2. The molecule has 0 N–H and O–H groups in total. The van der Waals surface area contributed by atoms with E-state index in [4.69, 9.17) is 4.74 Å². The van der Waals surface area contributed by atoms with Crippen LogP contribution >= 0.6 is 11.3 Å². The molecule has 3 rings (SSSR count). The minimum atomic E-state index is -0.505. The third-order valence-corrected chi connectivity index (χ3v) is 5.18. The maximum Gasteiger partial charge on any atom is 0.256 e. The summed E-state index contributed by atoms with van der Waals surface area (Å²) in [7, 11) is 1.61. The van der Waals surface area contributed by atoms with E-state index in [9.17, 15) is 4.79 Å². The highest BCUT2D eigenvalue weighted by molar-refractivity contribution is 7.07. The van der Waals surface area contributed by atoms with Crippen molar-refractivity contribution in [2.75, 3.05) is 33.3 Å². The monoisotopic (exact) mass is 344 g/mol. The van der Waals surface area contributed by atoms with Crippen LogP contribution in [0.15, 0.2) is 47.2 Å². The van der Waals surface area contributed by atoms with Crippen LogP contribution in [-0.2, 0) is 16.1 Å². The predicted molar refractivity (Wildman–Crippen MR) is 97.0 cm³/mol. The number of thiophene rings is 1. The molecule has 2 aromatic rings. The molecular formula is C19H24N2O2S. The van der Waals surface area contributed by atoms with Crippen LogP contribution in [0.1, 0.15) is 23.7 Å². The van der Waals surface area contributed by atoms with E-state index in [1.807, 2.05) is 35.2 Å². The molecule has 1 aromatic heterocycles. The van der Waals surface area contributed by atoms with Crippen molar-refractivity contribution >= 4 is 17.2 Å². The van der Waals surface area contributed by atoms with E-state index in [-0.39, 0.29) is 5.91 Å². The van der Waals surface area contributed by atoms with Crippen molar-refractivity contribution in [3.05, 3.63) is 58.3 Å². The topological polar surface area (TPSA) is 32.8 Å². The third kappa shape index (κ3) is 4.23. The minimum Gasteiger partial charge on any atom is -0.367 e. The molecular weight excluding hydrogens is 320 g/mol. The Morgan fingerprint density at radius 1 is 1.17 bits per heavy atom. The van der Waals surface area contributed by atoms with Gasteiger partial charge in [0.1, 0.15) is 0 Å². The maximum absolute atomic E-state index is 12.9. The normalized spacial score (nSPS) is 17.5. The summed E-state index contributed by atoms with van der Waals surface area (Å²) in [6.07, 6.45) is 0.496. The smallest absolute Gasteiger partial charge is 0.256 e. The van der Waals surface area contributed by atoms with Crippen LogP contribution in [0.3, 0.4) is 0 Å². The zero-order valence-electron chi connectivity index (χ0n) is 14.1. The van der Waals surface area contributed by atoms with Gasteiger partial charge in [0.25, 0.3) is 5.91 Å². The van der Waals surface area contributed by atoms with Crippen molar-refractivity contribution in [1.82, 2.24) is 9.80 Å². The van der Waals surface area contributed by atoms with E-state index in [1.54, 1.807) is 18.4 Å². The summed E-state index contributed by atoms with van der Waals surface area (Å²) in [5.41, 5.74) is 2.28. The van der Waals surface area contributed by atoms with Gasteiger partial charge in [0.2, 0.25) is 0 Å². The molecule has 2 heterocycles. The van der Waals surface area contributed by atoms with Gasteiger partial charge in [-0.05, 0) is 34.4 Å². The summed E-state index contributed by atoms with van der Waals surface area (Å²) in [4.78, 5) is 17.3. The van der Waals surface area contributed by atoms with Crippen molar-refractivity contribution in [3.63, 3.8) is 0 Å². The fourth-order valence-electron chi connectivity index (χ4n) is 3.16. The zero-order chi connectivity index (χ0) is 16.8. The van der Waals surface area contributed by atoms with Crippen LogP contribution in [0.25, 0.3) is 0 Å². The Bertz CT molecular complexity index is 630. The van der Waals surface area contributed by atoms with Crippen molar-refractivity contribution in [2.45, 2.75) is 19.1 Å². The van der Waals surface area contributed by atoms with Gasteiger partial charge in [-0.2, -0.15) is 11.3 Å². The SMILES string of the molecule is CO[C@@H](C(=O)N1CCCN(Cc2ccsc2)CC1)c1ccccc1. The van der Waals surface area contributed by atoms with Gasteiger partial charge in [-0.15, -0.1) is 0 Å². The first-order valence-corrected chi connectivity index (χ1v) is 9.32. The van der Waals surface area contributed by atoms with Gasteiger partial charge >= 0.3 is 0 Å². The Balaban J connectivity index is 1.61. The second-order valence-electron chi connectivity index (χ2n) is 6.11. The van der Waals surface area contributed by atoms with Crippen molar-refractivity contribution in [3.8, 4) is 0 Å². The summed E-state index contributed by atoms with van der Waals surface area (Å²) in [5, 5.41) is 4.32. The second kappa shape index (κ2) is 8.42. The number of carbonyl (C=O) groups excluding carboxylic acids is 1. The van der Waals surface area contributed by atoms with Crippen LogP contribution in [0.5, 0.6) is 0 Å². The number of amides is 1. The lowest BCUT2D eigenvalue weighted by Gasteiger charge is -2.26. The molecule has 1 aliphatic rings. The van der Waals surface area contributed by atoms with Gasteiger partial charge in [0, 0.05) is 39.8 Å². The highest BCUT2D eigenvalue weighted by Crippen LogP contribution is 2.20. The molecule has 0 saturated carbocycles. The minimum absolute atomic E-state index is 0.0704. The number of methoxy groups -OCH3 is 1. The largest absolute Gasteiger partial charge is 0.367 e. The van der Waals surface area contributed by atoms with E-state index < -0.39 is 6.10 Å². The molecule has 1 saturated heterocycles. The molecule has 24 heavy (non-hydrogen) atoms. The molecule has 0 bridgehead atoms. The molecule has 0 unspecified atom stereocenters. The van der Waals surface area contributed by atoms with Crippen molar-refractivity contribution in [1.29, 1.82) is 0 Å². The van der Waals surface area contributed by atoms with E-state index in [0.717, 1.165) is 44.7 Å². The summed E-state index contributed by atoms with van der Waals surface area (Å²) >= 11 is 1.74. The predicted octanol–water partition coefficient (Wildman–Crippen LogP) is 3.17. The zero-order valence-corrected chi connectivity index (χ0v) is 14.9. The molecule has 0 aliphatic carbocycles. The number of carbonyl (C=O) groups is 1. The number of hydrogen-bond donors (Lipinski definition) is 0. The van der Waals surface area contributed by atoms with Crippen LogP contribution in [0, 0.1) is 0 Å². The molecule has 1 aliphatic heterocycles. The fraction of sp³-hybridized carbons (Fsp3) is 0.421. The van der Waals surface area contributed by atoms with E-state index >= 15 is 0 Å². The lowest BCUT2D eigenvalue weighted by atomic mass is 10.1. The summed E-state index contributed by atoms with van der Waals surface area (Å²) in [6, 6.07) is 11.9. The van der Waals surface area contributed by atoms with Crippen LogP contribution in [0.4, 0.5) is 0 Å². The first-order chi connectivity index (χ1) is 11.8. The fourth-order valence-corrected chi connectivity index (χ4v) is 3.82. The Morgan fingerprint density at radius 3 is 2.71 bits per heavy atom. The first-order valence-electron chi connectivity index (χ1n) is 8.38. The van der Waals surface area contributed by atoms with E-state index in [2.05, 4.69) is 21.7 Å². The van der Waals surface area contributed by atoms with Gasteiger partial charge in [0.15, 0.2) is 6.10 Å². The quantitative estimate of drug-likeness (QED) is 0.835. The van der Waals surface area contributed by atoms with Crippen LogP contribution in [-0.4, -0.2) is 49.0 Å². The molecule has 1 amide bonds. The van der Waals surface area contributed by atoms with E-state index in [0.29, 0.717) is 0 Å². The number of ether oxygens (including phenoxy) is 1. The van der Waals surface area contributed by atoms with Gasteiger partial charge < -0.3 is 9.64 Å². The Kier molecular flexibility index (Phi) is 6.01. The standard InChI is InChI=1S/C19H24N2O2S/c1-23-18(17-6-3-2-4-7-17)19(22)21-10-5-9-20(11-12-21)14-16-8-13-24-15-16/h2-4,6-8,13,15,18H,5,9-12,14H2,1H3/t18-/m1/s1. The van der Waals surface area contributed by atoms with Gasteiger partial charge in [0.05, 0.1) is 0 Å². The number of hydrogen-bond acceptors (Lipinski definition) is 4. The summed E-state index contributed by atoms with van der Waals surface area (Å²) in [6.45, 7) is 4.47. The van der Waals surface area contributed by atoms with Gasteiger partial charge in [-0.1, -0.05) is 30.3 Å². The highest BCUT2D eigenvalue weighted by Gasteiger charge is 2.27.